The van der Waals surface area contributed by atoms with Crippen LogP contribution in [0.4, 0.5) is 0 Å². The van der Waals surface area contributed by atoms with Gasteiger partial charge in [-0.05, 0) is 5.41 Å². The van der Waals surface area contributed by atoms with Crippen molar-refractivity contribution in [3.8, 4) is 6.07 Å². The number of nitrogens with zero attached hydrogens (tertiary/aromatic N) is 1. The van der Waals surface area contributed by atoms with Crippen LogP contribution in [0.3, 0.4) is 0 Å². The van der Waals surface area contributed by atoms with Gasteiger partial charge in [0.05, 0.1) is 19.6 Å². The Bertz CT molecular complexity index is 179. The fourth-order valence-corrected chi connectivity index (χ4v) is 0.739. The lowest BCUT2D eigenvalue weighted by molar-refractivity contribution is -0.142. The lowest BCUT2D eigenvalue weighted by Gasteiger charge is -2.18. The molecule has 0 aliphatic rings. The van der Waals surface area contributed by atoms with Crippen LogP contribution in [0.1, 0.15) is 26.7 Å². The summed E-state index contributed by atoms with van der Waals surface area (Å²) >= 11 is 0. The van der Waals surface area contributed by atoms with Gasteiger partial charge >= 0.3 is 5.97 Å². The van der Waals surface area contributed by atoms with Crippen molar-refractivity contribution in [2.45, 2.75) is 26.7 Å². The third-order valence-corrected chi connectivity index (χ3v) is 1.41. The first-order valence-corrected chi connectivity index (χ1v) is 3.45. The molecule has 0 aromatic rings. The van der Waals surface area contributed by atoms with Gasteiger partial charge in [0.1, 0.15) is 0 Å². The maximum Gasteiger partial charge on any atom is 0.306 e. The van der Waals surface area contributed by atoms with Crippen LogP contribution in [0.15, 0.2) is 0 Å². The highest BCUT2D eigenvalue weighted by molar-refractivity contribution is 5.69. The molecular weight excluding hydrogens is 142 g/mol. The fraction of sp³-hybridized carbons (Fsp3) is 0.750. The molecule has 0 rings (SSSR count). The molecular formula is C8H13NO2. The van der Waals surface area contributed by atoms with E-state index in [0.29, 0.717) is 12.8 Å². The van der Waals surface area contributed by atoms with E-state index >= 15 is 0 Å². The molecule has 0 heterocycles. The predicted molar refractivity (Wildman–Crippen MR) is 40.6 cm³/mol. The molecule has 0 saturated heterocycles. The SMILES string of the molecule is COC(=O)CC(C)(C)CC#N. The lowest BCUT2D eigenvalue weighted by Crippen LogP contribution is -2.17. The molecule has 0 fully saturated rings. The standard InChI is InChI=1S/C8H13NO2/c1-8(2,4-5-9)6-7(10)11-3/h4,6H2,1-3H3. The summed E-state index contributed by atoms with van der Waals surface area (Å²) in [7, 11) is 1.35. The number of carbonyl (C=O) groups is 1. The molecule has 0 saturated carbocycles. The molecule has 62 valence electrons. The highest BCUT2D eigenvalue weighted by Crippen LogP contribution is 2.24. The first-order chi connectivity index (χ1) is 5.02. The Morgan fingerprint density at radius 2 is 2.18 bits per heavy atom. The quantitative estimate of drug-likeness (QED) is 0.580. The van der Waals surface area contributed by atoms with Gasteiger partial charge in [-0.3, -0.25) is 4.79 Å². The minimum absolute atomic E-state index is 0.259. The molecule has 3 nitrogen and oxygen atoms in total. The molecule has 0 aromatic heterocycles. The summed E-state index contributed by atoms with van der Waals surface area (Å²) in [4.78, 5) is 10.8. The summed E-state index contributed by atoms with van der Waals surface area (Å²) in [6.45, 7) is 3.74. The normalized spacial score (nSPS) is 10.4. The molecule has 3 heteroatoms. The topological polar surface area (TPSA) is 50.1 Å². The molecule has 0 N–H and O–H groups in total. The van der Waals surface area contributed by atoms with Gasteiger partial charge in [0.25, 0.3) is 0 Å². The van der Waals surface area contributed by atoms with Gasteiger partial charge in [-0.1, -0.05) is 13.8 Å². The average Bonchev–Trinajstić information content (AvgIpc) is 1.86. The van der Waals surface area contributed by atoms with Crippen molar-refractivity contribution in [1.82, 2.24) is 0 Å². The summed E-state index contributed by atoms with van der Waals surface area (Å²) in [5, 5.41) is 8.39. The Labute approximate surface area is 67.0 Å². The van der Waals surface area contributed by atoms with Crippen molar-refractivity contribution in [2.75, 3.05) is 7.11 Å². The van der Waals surface area contributed by atoms with E-state index < -0.39 is 0 Å². The van der Waals surface area contributed by atoms with E-state index in [1.165, 1.54) is 7.11 Å². The van der Waals surface area contributed by atoms with Gasteiger partial charge < -0.3 is 4.74 Å². The third-order valence-electron chi connectivity index (χ3n) is 1.41. The molecule has 0 aliphatic carbocycles. The number of methoxy groups -OCH3 is 1. The number of rotatable bonds is 3. The van der Waals surface area contributed by atoms with Crippen LogP contribution in [0.5, 0.6) is 0 Å². The Kier molecular flexibility index (Phi) is 3.59. The highest BCUT2D eigenvalue weighted by atomic mass is 16.5. The largest absolute Gasteiger partial charge is 0.469 e. The van der Waals surface area contributed by atoms with Crippen molar-refractivity contribution in [3.63, 3.8) is 0 Å². The zero-order valence-corrected chi connectivity index (χ0v) is 7.18. The number of hydrogen-bond donors (Lipinski definition) is 0. The Hall–Kier alpha value is -1.04. The van der Waals surface area contributed by atoms with Crippen LogP contribution in [-0.2, 0) is 9.53 Å². The first-order valence-electron chi connectivity index (χ1n) is 3.45. The van der Waals surface area contributed by atoms with Gasteiger partial charge in [-0.2, -0.15) is 5.26 Å². The molecule has 0 spiro atoms. The number of hydrogen-bond acceptors (Lipinski definition) is 3. The minimum Gasteiger partial charge on any atom is -0.469 e. The Balaban J connectivity index is 3.92. The second-order valence-electron chi connectivity index (χ2n) is 3.25. The van der Waals surface area contributed by atoms with E-state index in [1.54, 1.807) is 0 Å². The van der Waals surface area contributed by atoms with Gasteiger partial charge in [0.15, 0.2) is 0 Å². The molecule has 0 radical (unpaired) electrons. The minimum atomic E-state index is -0.262. The third kappa shape index (κ3) is 4.38. The van der Waals surface area contributed by atoms with E-state index in [1.807, 2.05) is 19.9 Å². The van der Waals surface area contributed by atoms with Crippen LogP contribution in [0.25, 0.3) is 0 Å². The summed E-state index contributed by atoms with van der Waals surface area (Å²) < 4.78 is 4.48. The lowest BCUT2D eigenvalue weighted by atomic mass is 9.86. The number of carbonyl (C=O) groups excluding carboxylic acids is 1. The van der Waals surface area contributed by atoms with Crippen LogP contribution < -0.4 is 0 Å². The number of nitriles is 1. The van der Waals surface area contributed by atoms with E-state index in [9.17, 15) is 4.79 Å². The smallest absolute Gasteiger partial charge is 0.306 e. The molecule has 0 aliphatic heterocycles. The summed E-state index contributed by atoms with van der Waals surface area (Å²) in [6, 6.07) is 2.03. The van der Waals surface area contributed by atoms with Gasteiger partial charge in [-0.15, -0.1) is 0 Å². The first kappa shape index (κ1) is 9.96. The van der Waals surface area contributed by atoms with E-state index in [2.05, 4.69) is 4.74 Å². The van der Waals surface area contributed by atoms with Gasteiger partial charge in [0, 0.05) is 6.42 Å². The maximum atomic E-state index is 10.8. The Morgan fingerprint density at radius 1 is 1.64 bits per heavy atom. The van der Waals surface area contributed by atoms with Crippen LogP contribution in [-0.4, -0.2) is 13.1 Å². The predicted octanol–water partition coefficient (Wildman–Crippen LogP) is 1.49. The number of ether oxygens (including phenoxy) is 1. The molecule has 0 amide bonds. The van der Waals surface area contributed by atoms with Crippen molar-refractivity contribution >= 4 is 5.97 Å². The summed E-state index contributed by atoms with van der Waals surface area (Å²) in [6.07, 6.45) is 0.680. The van der Waals surface area contributed by atoms with Crippen molar-refractivity contribution in [1.29, 1.82) is 5.26 Å². The maximum absolute atomic E-state index is 10.8. The van der Waals surface area contributed by atoms with Crippen molar-refractivity contribution in [2.24, 2.45) is 5.41 Å². The fourth-order valence-electron chi connectivity index (χ4n) is 0.739. The second-order valence-corrected chi connectivity index (χ2v) is 3.25. The van der Waals surface area contributed by atoms with E-state index in [4.69, 9.17) is 5.26 Å². The van der Waals surface area contributed by atoms with Crippen LogP contribution in [0, 0.1) is 16.7 Å². The molecule has 11 heavy (non-hydrogen) atoms. The van der Waals surface area contributed by atoms with Crippen LogP contribution >= 0.6 is 0 Å². The average molecular weight is 155 g/mol. The zero-order valence-electron chi connectivity index (χ0n) is 7.18. The molecule has 0 atom stereocenters. The molecule has 0 unspecified atom stereocenters. The summed E-state index contributed by atoms with van der Waals surface area (Å²) in [5.41, 5.74) is -0.262. The van der Waals surface area contributed by atoms with E-state index in [-0.39, 0.29) is 11.4 Å². The van der Waals surface area contributed by atoms with Crippen LogP contribution in [0.2, 0.25) is 0 Å². The second kappa shape index (κ2) is 3.97. The Morgan fingerprint density at radius 3 is 2.55 bits per heavy atom. The van der Waals surface area contributed by atoms with Crippen molar-refractivity contribution < 1.29 is 9.53 Å². The highest BCUT2D eigenvalue weighted by Gasteiger charge is 2.21. The van der Waals surface area contributed by atoms with E-state index in [0.717, 1.165) is 0 Å². The summed E-state index contributed by atoms with van der Waals surface area (Å²) in [5.74, 6) is -0.259. The molecule has 0 bridgehead atoms. The van der Waals surface area contributed by atoms with Gasteiger partial charge in [-0.25, -0.2) is 0 Å². The number of esters is 1. The monoisotopic (exact) mass is 155 g/mol. The zero-order chi connectivity index (χ0) is 8.91. The van der Waals surface area contributed by atoms with Gasteiger partial charge in [0.2, 0.25) is 0 Å². The van der Waals surface area contributed by atoms with Crippen molar-refractivity contribution in [3.05, 3.63) is 0 Å². The molecule has 0 aromatic carbocycles.